The third-order valence-corrected chi connectivity index (χ3v) is 5.80. The van der Waals surface area contributed by atoms with Gasteiger partial charge in [-0.3, -0.25) is 24.0 Å². The van der Waals surface area contributed by atoms with Crippen LogP contribution >= 0.6 is 0 Å². The second-order valence-electron chi connectivity index (χ2n) is 7.86. The average molecular weight is 431 g/mol. The van der Waals surface area contributed by atoms with Crippen LogP contribution in [0.5, 0.6) is 5.75 Å². The van der Waals surface area contributed by atoms with Gasteiger partial charge in [-0.1, -0.05) is 12.1 Å². The lowest BCUT2D eigenvalue weighted by molar-refractivity contribution is 0.0894. The highest BCUT2D eigenvalue weighted by Crippen LogP contribution is 2.23. The lowest BCUT2D eigenvalue weighted by atomic mass is 9.90. The smallest absolute Gasteiger partial charge is 0.330 e. The molecule has 1 aromatic heterocycles. The molecule has 0 atom stereocenters. The Kier molecular flexibility index (Phi) is 7.64. The number of methoxy groups -OCH3 is 2. The highest BCUT2D eigenvalue weighted by atomic mass is 16.5. The van der Waals surface area contributed by atoms with E-state index in [4.69, 9.17) is 15.2 Å². The van der Waals surface area contributed by atoms with Gasteiger partial charge < -0.3 is 15.2 Å². The Morgan fingerprint density at radius 2 is 1.84 bits per heavy atom. The van der Waals surface area contributed by atoms with Crippen molar-refractivity contribution in [3.05, 3.63) is 56.2 Å². The highest BCUT2D eigenvalue weighted by Gasteiger charge is 2.25. The minimum atomic E-state index is -0.740. The predicted octanol–water partition coefficient (Wildman–Crippen LogP) is 0.911. The number of benzene rings is 1. The molecule has 168 valence electrons. The van der Waals surface area contributed by atoms with E-state index in [1.807, 2.05) is 17.0 Å². The Balaban J connectivity index is 1.59. The number of H-pyrrole nitrogens is 1. The molecule has 0 spiro atoms. The minimum absolute atomic E-state index is 0.102. The quantitative estimate of drug-likeness (QED) is 0.568. The van der Waals surface area contributed by atoms with E-state index in [1.165, 1.54) is 17.2 Å². The summed E-state index contributed by atoms with van der Waals surface area (Å²) in [5, 5.41) is 0. The van der Waals surface area contributed by atoms with E-state index < -0.39 is 11.2 Å². The van der Waals surface area contributed by atoms with E-state index in [9.17, 15) is 14.4 Å². The molecule has 2 heterocycles. The molecule has 0 amide bonds. The van der Waals surface area contributed by atoms with Gasteiger partial charge in [0.25, 0.3) is 5.56 Å². The average Bonchev–Trinajstić information content (AvgIpc) is 2.75. The summed E-state index contributed by atoms with van der Waals surface area (Å²) < 4.78 is 11.3. The number of ketones is 1. The number of ether oxygens (including phenoxy) is 2. The number of anilines is 1. The molecule has 1 saturated heterocycles. The number of carbonyl (C=O) groups is 1. The molecule has 0 aliphatic carbocycles. The van der Waals surface area contributed by atoms with Gasteiger partial charge in [0.2, 0.25) is 0 Å². The lowest BCUT2D eigenvalue weighted by Crippen LogP contribution is -2.41. The molecule has 31 heavy (non-hydrogen) atoms. The third-order valence-electron chi connectivity index (χ3n) is 5.80. The molecule has 0 unspecified atom stereocenters. The summed E-state index contributed by atoms with van der Waals surface area (Å²) >= 11 is 0. The van der Waals surface area contributed by atoms with Gasteiger partial charge in [-0.05, 0) is 56.0 Å². The number of carbonyl (C=O) groups excluding carboxylic acids is 1. The Labute approximate surface area is 180 Å². The summed E-state index contributed by atoms with van der Waals surface area (Å²) in [6, 6.07) is 8.11. The van der Waals surface area contributed by atoms with Crippen LogP contribution in [-0.4, -0.2) is 60.7 Å². The number of nitrogens with zero attached hydrogens (tertiary/aromatic N) is 2. The van der Waals surface area contributed by atoms with Crippen LogP contribution in [-0.2, 0) is 17.7 Å². The molecule has 0 radical (unpaired) electrons. The van der Waals surface area contributed by atoms with Crippen LogP contribution in [0.15, 0.2) is 33.9 Å². The summed E-state index contributed by atoms with van der Waals surface area (Å²) in [6.45, 7) is 2.05. The highest BCUT2D eigenvalue weighted by molar-refractivity contribution is 6.01. The van der Waals surface area contributed by atoms with Crippen LogP contribution in [0, 0.1) is 5.92 Å². The van der Waals surface area contributed by atoms with E-state index in [0.717, 1.165) is 38.1 Å². The number of Topliss-reactive ketones (excluding diaryl/α,β-unsaturated/α-hetero) is 1. The van der Waals surface area contributed by atoms with Crippen molar-refractivity contribution in [3.63, 3.8) is 0 Å². The van der Waals surface area contributed by atoms with Crippen molar-refractivity contribution in [2.24, 2.45) is 5.92 Å². The van der Waals surface area contributed by atoms with Gasteiger partial charge in [0.05, 0.1) is 26.8 Å². The Morgan fingerprint density at radius 1 is 1.16 bits per heavy atom. The van der Waals surface area contributed by atoms with Crippen molar-refractivity contribution in [2.75, 3.05) is 46.2 Å². The van der Waals surface area contributed by atoms with Gasteiger partial charge in [-0.2, -0.15) is 0 Å². The van der Waals surface area contributed by atoms with Gasteiger partial charge in [0.15, 0.2) is 5.78 Å². The molecule has 9 heteroatoms. The number of nitrogens with one attached hydrogen (secondary N) is 1. The number of aromatic amines is 1. The second-order valence-corrected chi connectivity index (χ2v) is 7.86. The van der Waals surface area contributed by atoms with E-state index in [-0.39, 0.29) is 36.9 Å². The molecule has 3 N–H and O–H groups in total. The molecule has 1 aliphatic heterocycles. The topological polar surface area (TPSA) is 120 Å². The molecule has 2 aromatic rings. The normalized spacial score (nSPS) is 15.2. The molecule has 1 fully saturated rings. The van der Waals surface area contributed by atoms with Crippen molar-refractivity contribution in [1.29, 1.82) is 0 Å². The third kappa shape index (κ3) is 5.62. The Morgan fingerprint density at radius 3 is 2.45 bits per heavy atom. The van der Waals surface area contributed by atoms with Gasteiger partial charge in [-0.25, -0.2) is 4.79 Å². The van der Waals surface area contributed by atoms with Crippen LogP contribution in [0.3, 0.4) is 0 Å². The predicted molar refractivity (Wildman–Crippen MR) is 118 cm³/mol. The van der Waals surface area contributed by atoms with E-state index in [1.54, 1.807) is 7.11 Å². The van der Waals surface area contributed by atoms with Crippen molar-refractivity contribution >= 4 is 11.6 Å². The number of aromatic nitrogens is 2. The Hall–Kier alpha value is -2.91. The summed E-state index contributed by atoms with van der Waals surface area (Å²) in [6.07, 6.45) is 2.93. The first-order valence-electron chi connectivity index (χ1n) is 10.4. The lowest BCUT2D eigenvalue weighted by Gasteiger charge is -2.31. The molecule has 9 nitrogen and oxygen atoms in total. The van der Waals surface area contributed by atoms with Crippen molar-refractivity contribution in [2.45, 2.75) is 25.8 Å². The number of hydrogen-bond acceptors (Lipinski definition) is 7. The first-order valence-corrected chi connectivity index (χ1v) is 10.4. The number of likely N-dealkylation sites (tertiary alicyclic amines) is 1. The maximum atomic E-state index is 12.8. The van der Waals surface area contributed by atoms with Crippen LogP contribution in [0.2, 0.25) is 0 Å². The molecule has 0 bridgehead atoms. The van der Waals surface area contributed by atoms with Gasteiger partial charge in [0.1, 0.15) is 17.1 Å². The first kappa shape index (κ1) is 22.8. The second kappa shape index (κ2) is 10.4. The van der Waals surface area contributed by atoms with Crippen molar-refractivity contribution in [3.8, 4) is 5.75 Å². The fourth-order valence-electron chi connectivity index (χ4n) is 3.99. The zero-order chi connectivity index (χ0) is 22.4. The van der Waals surface area contributed by atoms with E-state index >= 15 is 0 Å². The SMILES string of the molecule is COCCn1c(N)c(C(=O)CN2CCC(Cc3ccc(OC)cc3)CC2)c(=O)[nH]c1=O. The van der Waals surface area contributed by atoms with Gasteiger partial charge in [0, 0.05) is 7.11 Å². The minimum Gasteiger partial charge on any atom is -0.497 e. The summed E-state index contributed by atoms with van der Waals surface area (Å²) in [7, 11) is 3.15. The molecule has 1 aliphatic rings. The molecular formula is C22H30N4O5. The Bertz CT molecular complexity index is 1000. The van der Waals surface area contributed by atoms with Crippen LogP contribution in [0.1, 0.15) is 28.8 Å². The zero-order valence-corrected chi connectivity index (χ0v) is 18.1. The number of piperidine rings is 1. The largest absolute Gasteiger partial charge is 0.497 e. The van der Waals surface area contributed by atoms with E-state index in [2.05, 4.69) is 17.1 Å². The van der Waals surface area contributed by atoms with E-state index in [0.29, 0.717) is 5.92 Å². The standard InChI is InChI=1S/C22H30N4O5/c1-30-12-11-26-20(23)19(21(28)24-22(26)29)18(27)14-25-9-7-16(8-10-25)13-15-3-5-17(31-2)6-4-15/h3-6,16H,7-14,23H2,1-2H3,(H,24,28,29). The van der Waals surface area contributed by atoms with Crippen LogP contribution in [0.25, 0.3) is 0 Å². The fraction of sp³-hybridized carbons (Fsp3) is 0.500. The first-order chi connectivity index (χ1) is 14.9. The molecular weight excluding hydrogens is 400 g/mol. The molecule has 3 rings (SSSR count). The van der Waals surface area contributed by atoms with Crippen molar-refractivity contribution in [1.82, 2.24) is 14.5 Å². The van der Waals surface area contributed by atoms with Gasteiger partial charge in [-0.15, -0.1) is 0 Å². The molecule has 1 aromatic carbocycles. The maximum absolute atomic E-state index is 12.8. The summed E-state index contributed by atoms with van der Waals surface area (Å²) in [4.78, 5) is 41.3. The summed E-state index contributed by atoms with van der Waals surface area (Å²) in [5.74, 6) is 0.910. The summed E-state index contributed by atoms with van der Waals surface area (Å²) in [5.41, 5.74) is 5.73. The van der Waals surface area contributed by atoms with Crippen LogP contribution < -0.4 is 21.7 Å². The number of nitrogens with two attached hydrogens (primary N) is 1. The number of nitrogen functional groups attached to an aromatic ring is 1. The fourth-order valence-corrected chi connectivity index (χ4v) is 3.99. The number of hydrogen-bond donors (Lipinski definition) is 2. The van der Waals surface area contributed by atoms with Gasteiger partial charge >= 0.3 is 5.69 Å². The maximum Gasteiger partial charge on any atom is 0.330 e. The molecule has 0 saturated carbocycles. The van der Waals surface area contributed by atoms with Crippen molar-refractivity contribution < 1.29 is 14.3 Å². The zero-order valence-electron chi connectivity index (χ0n) is 18.1. The van der Waals surface area contributed by atoms with Crippen LogP contribution in [0.4, 0.5) is 5.82 Å². The number of rotatable bonds is 9. The monoisotopic (exact) mass is 430 g/mol.